The highest BCUT2D eigenvalue weighted by molar-refractivity contribution is 7.87. The molecule has 3 atom stereocenters. The number of hydrogen-bond donors (Lipinski definition) is 0. The zero-order valence-electron chi connectivity index (χ0n) is 20.9. The maximum absolute atomic E-state index is 13.9. The quantitative estimate of drug-likeness (QED) is 0.256. The number of rotatable bonds is 6. The van der Waals surface area contributed by atoms with Gasteiger partial charge in [-0.05, 0) is 49.4 Å². The number of nitrogens with zero attached hydrogens (tertiary/aromatic N) is 2. The maximum Gasteiger partial charge on any atom is 0.339 e. The first-order chi connectivity index (χ1) is 18.8. The minimum Gasteiger partial charge on any atom is -0.379 e. The van der Waals surface area contributed by atoms with Crippen molar-refractivity contribution in [2.24, 2.45) is 5.92 Å². The summed E-state index contributed by atoms with van der Waals surface area (Å²) in [6.07, 6.45) is -1.09. The van der Waals surface area contributed by atoms with Crippen LogP contribution in [-0.2, 0) is 24.5 Å². The van der Waals surface area contributed by atoms with Crippen molar-refractivity contribution in [3.05, 3.63) is 120 Å². The number of hydroxylamine groups is 1. The average Bonchev–Trinajstić information content (AvgIpc) is 3.46. The molecule has 6 rings (SSSR count). The Labute approximate surface area is 226 Å². The lowest BCUT2D eigenvalue weighted by Gasteiger charge is -2.29. The lowest BCUT2D eigenvalue weighted by Crippen LogP contribution is -2.37. The van der Waals surface area contributed by atoms with Gasteiger partial charge < -0.3 is 4.18 Å². The molecule has 0 N–H and O–H groups in total. The molecule has 2 aliphatic heterocycles. The highest BCUT2D eigenvalue weighted by Gasteiger charge is 2.60. The molecule has 0 unspecified atom stereocenters. The summed E-state index contributed by atoms with van der Waals surface area (Å²) in [5.41, 5.74) is 2.46. The molecule has 2 fully saturated rings. The SMILES string of the molecule is Cc1ccc(N2C(=O)[C@H]3[C@H](ON(c4ccccc4)[C@@H]3c3ccccc3OS(=O)(=O)c3ccccc3)C2=O)cc1. The average molecular weight is 541 g/mol. The summed E-state index contributed by atoms with van der Waals surface area (Å²) >= 11 is 0. The van der Waals surface area contributed by atoms with Crippen LogP contribution in [0.1, 0.15) is 17.2 Å². The zero-order chi connectivity index (χ0) is 27.1. The van der Waals surface area contributed by atoms with E-state index < -0.39 is 40.0 Å². The fourth-order valence-electron chi connectivity index (χ4n) is 5.03. The summed E-state index contributed by atoms with van der Waals surface area (Å²) in [6.45, 7) is 1.92. The Bertz CT molecular complexity index is 1640. The third-order valence-electron chi connectivity index (χ3n) is 6.89. The van der Waals surface area contributed by atoms with Crippen molar-refractivity contribution in [1.29, 1.82) is 0 Å². The summed E-state index contributed by atoms with van der Waals surface area (Å²) in [5.74, 6) is -1.81. The monoisotopic (exact) mass is 540 g/mol. The van der Waals surface area contributed by atoms with Crippen LogP contribution in [-0.4, -0.2) is 26.3 Å². The third kappa shape index (κ3) is 4.35. The van der Waals surface area contributed by atoms with E-state index in [-0.39, 0.29) is 10.6 Å². The van der Waals surface area contributed by atoms with Gasteiger partial charge in [-0.25, -0.2) is 9.96 Å². The first-order valence-corrected chi connectivity index (χ1v) is 13.8. The number of carbonyl (C=O) groups is 2. The zero-order valence-corrected chi connectivity index (χ0v) is 21.7. The van der Waals surface area contributed by atoms with Gasteiger partial charge in [0.2, 0.25) is 5.91 Å². The van der Waals surface area contributed by atoms with Gasteiger partial charge in [0.25, 0.3) is 5.91 Å². The Morgan fingerprint density at radius 2 is 1.33 bits per heavy atom. The van der Waals surface area contributed by atoms with Crippen LogP contribution < -0.4 is 14.1 Å². The van der Waals surface area contributed by atoms with Crippen LogP contribution in [0.2, 0.25) is 0 Å². The largest absolute Gasteiger partial charge is 0.379 e. The Morgan fingerprint density at radius 3 is 2.03 bits per heavy atom. The van der Waals surface area contributed by atoms with Crippen molar-refractivity contribution < 1.29 is 27.0 Å². The van der Waals surface area contributed by atoms with Gasteiger partial charge in [0.05, 0.1) is 17.4 Å². The number of hydrogen-bond acceptors (Lipinski definition) is 7. The Kier molecular flexibility index (Phi) is 6.17. The summed E-state index contributed by atoms with van der Waals surface area (Å²) in [4.78, 5) is 34.8. The van der Waals surface area contributed by atoms with Crippen molar-refractivity contribution in [3.8, 4) is 5.75 Å². The van der Waals surface area contributed by atoms with Gasteiger partial charge in [0.15, 0.2) is 6.10 Å². The van der Waals surface area contributed by atoms with Crippen molar-refractivity contribution in [2.45, 2.75) is 24.0 Å². The van der Waals surface area contributed by atoms with E-state index in [1.165, 1.54) is 23.3 Å². The number of amides is 2. The minimum absolute atomic E-state index is 0.00191. The number of aryl methyl sites for hydroxylation is 1. The lowest BCUT2D eigenvalue weighted by atomic mass is 9.90. The van der Waals surface area contributed by atoms with Crippen LogP contribution in [0.15, 0.2) is 114 Å². The van der Waals surface area contributed by atoms with Crippen LogP contribution in [0, 0.1) is 12.8 Å². The Balaban J connectivity index is 1.44. The molecular weight excluding hydrogens is 516 g/mol. The molecule has 8 nitrogen and oxygen atoms in total. The van der Waals surface area contributed by atoms with Crippen molar-refractivity contribution in [1.82, 2.24) is 0 Å². The van der Waals surface area contributed by atoms with E-state index in [9.17, 15) is 18.0 Å². The molecule has 2 saturated heterocycles. The van der Waals surface area contributed by atoms with E-state index in [2.05, 4.69) is 0 Å². The number of para-hydroxylation sites is 2. The molecule has 9 heteroatoms. The summed E-state index contributed by atoms with van der Waals surface area (Å²) in [6, 6.07) is 29.7. The van der Waals surface area contributed by atoms with Gasteiger partial charge in [-0.1, -0.05) is 72.3 Å². The smallest absolute Gasteiger partial charge is 0.339 e. The van der Waals surface area contributed by atoms with E-state index in [1.54, 1.807) is 60.7 Å². The number of fused-ring (bicyclic) bond motifs is 1. The second-order valence-electron chi connectivity index (χ2n) is 9.39. The third-order valence-corrected chi connectivity index (χ3v) is 8.14. The first-order valence-electron chi connectivity index (χ1n) is 12.4. The van der Waals surface area contributed by atoms with E-state index in [1.807, 2.05) is 37.3 Å². The number of imide groups is 1. The lowest BCUT2D eigenvalue weighted by molar-refractivity contribution is -0.126. The van der Waals surface area contributed by atoms with Crippen molar-refractivity contribution in [2.75, 3.05) is 9.96 Å². The molecule has 0 radical (unpaired) electrons. The number of benzene rings is 4. The normalized spacial score (nSPS) is 20.8. The molecule has 0 aliphatic carbocycles. The topological polar surface area (TPSA) is 93.2 Å². The van der Waals surface area contributed by atoms with Gasteiger partial charge in [-0.15, -0.1) is 0 Å². The predicted molar refractivity (Wildman–Crippen MR) is 144 cm³/mol. The number of anilines is 2. The van der Waals surface area contributed by atoms with Gasteiger partial charge >= 0.3 is 10.1 Å². The molecule has 4 aromatic carbocycles. The van der Waals surface area contributed by atoms with Gasteiger partial charge in [-0.2, -0.15) is 8.42 Å². The molecule has 2 heterocycles. The molecule has 0 spiro atoms. The molecule has 39 heavy (non-hydrogen) atoms. The Morgan fingerprint density at radius 1 is 0.718 bits per heavy atom. The molecule has 2 aliphatic rings. The second kappa shape index (κ2) is 9.68. The fourth-order valence-corrected chi connectivity index (χ4v) is 6.01. The second-order valence-corrected chi connectivity index (χ2v) is 10.9. The van der Waals surface area contributed by atoms with E-state index in [4.69, 9.17) is 9.02 Å². The van der Waals surface area contributed by atoms with Gasteiger partial charge in [0, 0.05) is 5.56 Å². The predicted octanol–water partition coefficient (Wildman–Crippen LogP) is 4.81. The molecule has 0 bridgehead atoms. The molecule has 4 aromatic rings. The summed E-state index contributed by atoms with van der Waals surface area (Å²) in [7, 11) is -4.17. The van der Waals surface area contributed by atoms with Crippen molar-refractivity contribution in [3.63, 3.8) is 0 Å². The Hall–Kier alpha value is -4.47. The van der Waals surface area contributed by atoms with E-state index in [0.29, 0.717) is 16.9 Å². The van der Waals surface area contributed by atoms with Gasteiger partial charge in [-0.3, -0.25) is 14.4 Å². The highest BCUT2D eigenvalue weighted by Crippen LogP contribution is 2.49. The minimum atomic E-state index is -4.17. The molecule has 2 amide bonds. The van der Waals surface area contributed by atoms with Crippen LogP contribution in [0.4, 0.5) is 11.4 Å². The maximum atomic E-state index is 13.9. The summed E-state index contributed by atoms with van der Waals surface area (Å²) < 4.78 is 31.9. The first kappa shape index (κ1) is 24.8. The van der Waals surface area contributed by atoms with Crippen molar-refractivity contribution >= 4 is 33.3 Å². The van der Waals surface area contributed by atoms with Crippen LogP contribution in [0.25, 0.3) is 0 Å². The van der Waals surface area contributed by atoms with Gasteiger partial charge in [0.1, 0.15) is 16.6 Å². The highest BCUT2D eigenvalue weighted by atomic mass is 32.2. The van der Waals surface area contributed by atoms with E-state index >= 15 is 0 Å². The van der Waals surface area contributed by atoms with Crippen LogP contribution >= 0.6 is 0 Å². The van der Waals surface area contributed by atoms with E-state index in [0.717, 1.165) is 10.5 Å². The molecule has 0 saturated carbocycles. The number of carbonyl (C=O) groups excluding carboxylic acids is 2. The molecule has 196 valence electrons. The standard InChI is InChI=1S/C30H24N2O6S/c1-20-16-18-21(19-17-20)31-29(33)26-27(32(37-28(26)30(31)34)22-10-4-2-5-11-22)24-14-8-9-15-25(24)38-39(35,36)23-12-6-3-7-13-23/h2-19,26-28H,1H3/t26-,27-,28+/m1/s1. The fraction of sp³-hybridized carbons (Fsp3) is 0.133. The molecule has 0 aromatic heterocycles. The molecular formula is C30H24N2O6S. The summed E-state index contributed by atoms with van der Waals surface area (Å²) in [5, 5.41) is 1.51. The van der Waals surface area contributed by atoms with Crippen LogP contribution in [0.5, 0.6) is 5.75 Å². The van der Waals surface area contributed by atoms with Crippen LogP contribution in [0.3, 0.4) is 0 Å².